The van der Waals surface area contributed by atoms with Gasteiger partial charge in [-0.15, -0.1) is 0 Å². The van der Waals surface area contributed by atoms with E-state index in [1.54, 1.807) is 12.1 Å². The van der Waals surface area contributed by atoms with Crippen molar-refractivity contribution in [2.24, 2.45) is 5.41 Å². The Morgan fingerprint density at radius 3 is 2.15 bits per heavy atom. The van der Waals surface area contributed by atoms with Gasteiger partial charge in [-0.2, -0.15) is 0 Å². The summed E-state index contributed by atoms with van der Waals surface area (Å²) < 4.78 is 25.2. The molecule has 0 aromatic heterocycles. The molecule has 1 fully saturated rings. The minimum Gasteiger partial charge on any atom is -0.336 e. The number of hydrogen-bond acceptors (Lipinski definition) is 5. The van der Waals surface area contributed by atoms with Crippen molar-refractivity contribution < 1.29 is 18.0 Å². The number of hydrogen-bond donors (Lipinski definition) is 0. The van der Waals surface area contributed by atoms with Gasteiger partial charge in [-0.1, -0.05) is 25.2 Å². The molecule has 0 aliphatic carbocycles. The lowest BCUT2D eigenvalue weighted by atomic mass is 9.92. The summed E-state index contributed by atoms with van der Waals surface area (Å²) in [6.07, 6.45) is 1.13. The summed E-state index contributed by atoms with van der Waals surface area (Å²) >= 11 is 0. The second-order valence-electron chi connectivity index (χ2n) is 8.07. The van der Waals surface area contributed by atoms with E-state index in [2.05, 4.69) is 25.7 Å². The summed E-state index contributed by atoms with van der Waals surface area (Å²) in [6.45, 7) is 10.9. The van der Waals surface area contributed by atoms with E-state index in [0.29, 0.717) is 24.1 Å². The highest BCUT2D eigenvalue weighted by atomic mass is 32.2. The van der Waals surface area contributed by atoms with Gasteiger partial charge >= 0.3 is 0 Å². The van der Waals surface area contributed by atoms with Gasteiger partial charge in [0.05, 0.1) is 12.0 Å². The number of sulfonamides is 1. The minimum absolute atomic E-state index is 0.0606. The molecule has 1 amide bonds. The van der Waals surface area contributed by atoms with Crippen LogP contribution in [-0.2, 0) is 14.9 Å². The van der Waals surface area contributed by atoms with Gasteiger partial charge in [0, 0.05) is 38.8 Å². The van der Waals surface area contributed by atoms with Gasteiger partial charge in [-0.3, -0.25) is 14.5 Å². The van der Waals surface area contributed by atoms with E-state index in [4.69, 9.17) is 4.84 Å². The maximum absolute atomic E-state index is 12.7. The van der Waals surface area contributed by atoms with Gasteiger partial charge in [-0.25, -0.2) is 8.42 Å². The van der Waals surface area contributed by atoms with Crippen LogP contribution in [0.4, 0.5) is 0 Å². The number of carbonyl (C=O) groups is 1. The standard InChI is InChI=1S/C19H31N3O4S/c1-19(2,3)10-11-21-12-14-22(15-13-21)18(23)16-6-8-17(9-7-16)27(24,25)20(4)26-5/h6-9H,10-15H2,1-5H3. The van der Waals surface area contributed by atoms with Crippen molar-refractivity contribution in [3.63, 3.8) is 0 Å². The highest BCUT2D eigenvalue weighted by Gasteiger charge is 2.25. The third kappa shape index (κ3) is 5.75. The van der Waals surface area contributed by atoms with Crippen LogP contribution in [0.25, 0.3) is 0 Å². The Labute approximate surface area is 162 Å². The van der Waals surface area contributed by atoms with Crippen LogP contribution in [0, 0.1) is 5.41 Å². The molecule has 0 atom stereocenters. The molecule has 1 aliphatic heterocycles. The Hall–Kier alpha value is -1.48. The fraction of sp³-hybridized carbons (Fsp3) is 0.632. The summed E-state index contributed by atoms with van der Waals surface area (Å²) in [5.74, 6) is -0.0606. The summed E-state index contributed by atoms with van der Waals surface area (Å²) in [5, 5.41) is 0. The number of rotatable bonds is 6. The zero-order valence-corrected chi connectivity index (χ0v) is 17.8. The second-order valence-corrected chi connectivity index (χ2v) is 10.0. The van der Waals surface area contributed by atoms with Crippen LogP contribution in [0.5, 0.6) is 0 Å². The summed E-state index contributed by atoms with van der Waals surface area (Å²) in [6, 6.07) is 6.00. The van der Waals surface area contributed by atoms with E-state index in [9.17, 15) is 13.2 Å². The van der Waals surface area contributed by atoms with Crippen molar-refractivity contribution in [1.82, 2.24) is 14.3 Å². The molecule has 7 nitrogen and oxygen atoms in total. The van der Waals surface area contributed by atoms with Crippen LogP contribution in [0.2, 0.25) is 0 Å². The zero-order valence-electron chi connectivity index (χ0n) is 16.9. The smallest absolute Gasteiger partial charge is 0.264 e. The van der Waals surface area contributed by atoms with Crippen molar-refractivity contribution in [3.05, 3.63) is 29.8 Å². The van der Waals surface area contributed by atoms with Crippen LogP contribution in [0.15, 0.2) is 29.2 Å². The lowest BCUT2D eigenvalue weighted by molar-refractivity contribution is -0.0258. The maximum Gasteiger partial charge on any atom is 0.264 e. The lowest BCUT2D eigenvalue weighted by Gasteiger charge is -2.36. The summed E-state index contributed by atoms with van der Waals surface area (Å²) in [7, 11) is -1.09. The molecule has 2 rings (SSSR count). The molecule has 1 heterocycles. The van der Waals surface area contributed by atoms with Crippen LogP contribution in [0.3, 0.4) is 0 Å². The molecule has 1 aromatic carbocycles. The fourth-order valence-electron chi connectivity index (χ4n) is 2.87. The fourth-order valence-corrected chi connectivity index (χ4v) is 3.84. The van der Waals surface area contributed by atoms with Crippen LogP contribution in [0.1, 0.15) is 37.6 Å². The Balaban J connectivity index is 1.95. The van der Waals surface area contributed by atoms with Crippen molar-refractivity contribution >= 4 is 15.9 Å². The Bertz CT molecular complexity index is 733. The van der Waals surface area contributed by atoms with E-state index in [-0.39, 0.29) is 10.8 Å². The number of piperazine rings is 1. The molecular formula is C19H31N3O4S. The zero-order chi connectivity index (χ0) is 20.2. The Morgan fingerprint density at radius 1 is 1.11 bits per heavy atom. The SMILES string of the molecule is CON(C)S(=O)(=O)c1ccc(C(=O)N2CCN(CCC(C)(C)C)CC2)cc1. The van der Waals surface area contributed by atoms with Crippen molar-refractivity contribution in [1.29, 1.82) is 0 Å². The number of hydroxylamine groups is 1. The third-order valence-corrected chi connectivity index (χ3v) is 6.53. The van der Waals surface area contributed by atoms with E-state index >= 15 is 0 Å². The van der Waals surface area contributed by atoms with E-state index in [0.717, 1.165) is 30.5 Å². The summed E-state index contributed by atoms with van der Waals surface area (Å²) in [5.41, 5.74) is 0.809. The second kappa shape index (κ2) is 8.68. The molecule has 8 heteroatoms. The van der Waals surface area contributed by atoms with E-state index in [1.165, 1.54) is 26.3 Å². The molecular weight excluding hydrogens is 366 g/mol. The Morgan fingerprint density at radius 2 is 1.67 bits per heavy atom. The monoisotopic (exact) mass is 397 g/mol. The van der Waals surface area contributed by atoms with Crippen LogP contribution in [-0.4, -0.2) is 75.5 Å². The highest BCUT2D eigenvalue weighted by molar-refractivity contribution is 7.89. The molecule has 0 unspecified atom stereocenters. The first-order valence-electron chi connectivity index (χ1n) is 9.19. The Kier molecular flexibility index (Phi) is 7.02. The minimum atomic E-state index is -3.70. The van der Waals surface area contributed by atoms with Crippen LogP contribution >= 0.6 is 0 Å². The maximum atomic E-state index is 12.7. The number of nitrogens with zero attached hydrogens (tertiary/aromatic N) is 3. The molecule has 0 radical (unpaired) electrons. The van der Waals surface area contributed by atoms with Gasteiger partial charge in [0.15, 0.2) is 0 Å². The van der Waals surface area contributed by atoms with Gasteiger partial charge in [0.2, 0.25) is 0 Å². The van der Waals surface area contributed by atoms with Gasteiger partial charge in [-0.05, 0) is 42.6 Å². The average Bonchev–Trinajstić information content (AvgIpc) is 2.65. The normalized spacial score (nSPS) is 16.7. The molecule has 27 heavy (non-hydrogen) atoms. The molecule has 0 spiro atoms. The quantitative estimate of drug-likeness (QED) is 0.687. The third-order valence-electron chi connectivity index (χ3n) is 4.83. The van der Waals surface area contributed by atoms with Crippen molar-refractivity contribution in [2.75, 3.05) is 46.9 Å². The molecule has 1 saturated heterocycles. The van der Waals surface area contributed by atoms with Crippen molar-refractivity contribution in [3.8, 4) is 0 Å². The highest BCUT2D eigenvalue weighted by Crippen LogP contribution is 2.20. The van der Waals surface area contributed by atoms with Crippen molar-refractivity contribution in [2.45, 2.75) is 32.1 Å². The van der Waals surface area contributed by atoms with Gasteiger partial charge in [0.25, 0.3) is 15.9 Å². The summed E-state index contributed by atoms with van der Waals surface area (Å²) in [4.78, 5) is 21.8. The predicted molar refractivity (Wildman–Crippen MR) is 105 cm³/mol. The largest absolute Gasteiger partial charge is 0.336 e. The van der Waals surface area contributed by atoms with Crippen LogP contribution < -0.4 is 0 Å². The van der Waals surface area contributed by atoms with Gasteiger partial charge < -0.3 is 4.90 Å². The van der Waals surface area contributed by atoms with E-state index in [1.807, 2.05) is 4.90 Å². The topological polar surface area (TPSA) is 70.2 Å². The molecule has 1 aliphatic rings. The molecule has 0 saturated carbocycles. The molecule has 1 aromatic rings. The van der Waals surface area contributed by atoms with E-state index < -0.39 is 10.0 Å². The number of carbonyl (C=O) groups excluding carboxylic acids is 1. The predicted octanol–water partition coefficient (Wildman–Crippen LogP) is 2.06. The number of amides is 1. The van der Waals surface area contributed by atoms with Gasteiger partial charge in [0.1, 0.15) is 0 Å². The first-order chi connectivity index (χ1) is 12.5. The number of benzene rings is 1. The molecule has 0 bridgehead atoms. The lowest BCUT2D eigenvalue weighted by Crippen LogP contribution is -2.49. The molecule has 0 N–H and O–H groups in total. The molecule has 152 valence electrons. The average molecular weight is 398 g/mol. The first-order valence-corrected chi connectivity index (χ1v) is 10.6. The first kappa shape index (κ1) is 21.8.